The minimum Gasteiger partial charge on any atom is -0.480 e. The molecule has 11 heteroatoms. The Hall–Kier alpha value is -2.91. The van der Waals surface area contributed by atoms with Crippen molar-refractivity contribution in [2.24, 2.45) is 4.99 Å². The Kier molecular flexibility index (Phi) is 8.71. The number of amides is 2. The van der Waals surface area contributed by atoms with Gasteiger partial charge in [-0.25, -0.2) is 13.6 Å². The number of fused-ring (bicyclic) bond motifs is 1. The number of alkyl carbamates (subject to hydrolysis) is 1. The Morgan fingerprint density at radius 3 is 2.51 bits per heavy atom. The van der Waals surface area contributed by atoms with Gasteiger partial charge in [0, 0.05) is 24.9 Å². The van der Waals surface area contributed by atoms with E-state index in [0.29, 0.717) is 52.9 Å². The smallest absolute Gasteiger partial charge is 0.407 e. The number of aryl methyl sites for hydroxylation is 1. The Morgan fingerprint density at radius 1 is 1.18 bits per heavy atom. The van der Waals surface area contributed by atoms with Crippen LogP contribution in [0.5, 0.6) is 5.75 Å². The third kappa shape index (κ3) is 6.81. The third-order valence-electron chi connectivity index (χ3n) is 6.64. The number of carbonyl (C=O) groups is 2. The third-order valence-corrected chi connectivity index (χ3v) is 7.24. The predicted octanol–water partition coefficient (Wildman–Crippen LogP) is 6.29. The summed E-state index contributed by atoms with van der Waals surface area (Å²) < 4.78 is 39.5. The maximum atomic E-state index is 14.2. The quantitative estimate of drug-likeness (QED) is 0.416. The number of nitrogens with one attached hydrogen (secondary N) is 1. The summed E-state index contributed by atoms with van der Waals surface area (Å²) in [5, 5.41) is 3.47. The van der Waals surface area contributed by atoms with Crippen molar-refractivity contribution in [1.29, 1.82) is 0 Å². The first kappa shape index (κ1) is 29.1. The van der Waals surface area contributed by atoms with E-state index in [4.69, 9.17) is 32.7 Å². The number of aliphatic imine (C=N–C) groups is 1. The number of benzene rings is 2. The summed E-state index contributed by atoms with van der Waals surface area (Å²) in [7, 11) is 0. The zero-order valence-corrected chi connectivity index (χ0v) is 23.7. The van der Waals surface area contributed by atoms with E-state index in [2.05, 4.69) is 10.3 Å². The van der Waals surface area contributed by atoms with E-state index in [9.17, 15) is 18.4 Å². The van der Waals surface area contributed by atoms with E-state index in [0.717, 1.165) is 6.07 Å². The van der Waals surface area contributed by atoms with Gasteiger partial charge in [0.2, 0.25) is 5.91 Å². The van der Waals surface area contributed by atoms with Gasteiger partial charge >= 0.3 is 6.09 Å². The minimum absolute atomic E-state index is 0.110. The highest BCUT2D eigenvalue weighted by atomic mass is 35.5. The van der Waals surface area contributed by atoms with Crippen LogP contribution in [0.3, 0.4) is 0 Å². The molecule has 2 aliphatic rings. The van der Waals surface area contributed by atoms with Gasteiger partial charge in [-0.3, -0.25) is 14.7 Å². The number of hydrogen-bond acceptors (Lipinski definition) is 5. The molecule has 39 heavy (non-hydrogen) atoms. The monoisotopic (exact) mass is 581 g/mol. The van der Waals surface area contributed by atoms with Crippen LogP contribution in [-0.4, -0.2) is 53.6 Å². The van der Waals surface area contributed by atoms with Crippen molar-refractivity contribution in [3.63, 3.8) is 0 Å². The molecule has 0 fully saturated rings. The molecule has 2 aromatic rings. The lowest BCUT2D eigenvalue weighted by molar-refractivity contribution is -0.127. The molecule has 1 aliphatic carbocycles. The van der Waals surface area contributed by atoms with Gasteiger partial charge in [-0.1, -0.05) is 29.3 Å². The van der Waals surface area contributed by atoms with Crippen LogP contribution >= 0.6 is 23.2 Å². The van der Waals surface area contributed by atoms with Gasteiger partial charge in [0.25, 0.3) is 0 Å². The standard InChI is InChI=1S/C28H31Cl2F2N3O4/c1-15(38-25-19(29)6-5-7-20(25)30)26-33-10-11-35(26)24(36)14-23(34-27(37)39-28(2,3)4)17-9-8-16-12-21(31)22(32)13-18(16)17/h5-7,12-13,15,17,23H,8-11,14H2,1-4H3,(H,34,37). The Labute approximate surface area is 236 Å². The van der Waals surface area contributed by atoms with E-state index in [-0.39, 0.29) is 18.1 Å². The SMILES string of the molecule is CC(Oc1c(Cl)cccc1Cl)C1=NCCN1C(=O)CC(NC(=O)OC(C)(C)C)C1CCc2cc(F)c(F)cc21. The van der Waals surface area contributed by atoms with Crippen LogP contribution in [0.2, 0.25) is 10.0 Å². The second-order valence-electron chi connectivity index (χ2n) is 10.7. The van der Waals surface area contributed by atoms with Crippen molar-refractivity contribution in [2.45, 2.75) is 70.6 Å². The normalized spacial score (nSPS) is 18.3. The van der Waals surface area contributed by atoms with Crippen molar-refractivity contribution in [1.82, 2.24) is 10.2 Å². The number of amidine groups is 1. The summed E-state index contributed by atoms with van der Waals surface area (Å²) >= 11 is 12.5. The van der Waals surface area contributed by atoms with Crippen LogP contribution < -0.4 is 10.1 Å². The van der Waals surface area contributed by atoms with Gasteiger partial charge in [-0.05, 0) is 75.9 Å². The molecule has 1 aliphatic heterocycles. The molecule has 0 bridgehead atoms. The molecule has 0 saturated heterocycles. The number of hydrogen-bond donors (Lipinski definition) is 1. The average Bonchev–Trinajstić information content (AvgIpc) is 3.48. The van der Waals surface area contributed by atoms with Crippen LogP contribution in [0.1, 0.15) is 57.6 Å². The lowest BCUT2D eigenvalue weighted by Crippen LogP contribution is -2.47. The lowest BCUT2D eigenvalue weighted by Gasteiger charge is -2.30. The van der Waals surface area contributed by atoms with Crippen LogP contribution in [-0.2, 0) is 16.0 Å². The van der Waals surface area contributed by atoms with Crippen molar-refractivity contribution < 1.29 is 27.8 Å². The number of nitrogens with zero attached hydrogens (tertiary/aromatic N) is 2. The fourth-order valence-corrected chi connectivity index (χ4v) is 5.48. The molecule has 210 valence electrons. The van der Waals surface area contributed by atoms with Crippen molar-refractivity contribution in [2.75, 3.05) is 13.1 Å². The van der Waals surface area contributed by atoms with Crippen molar-refractivity contribution >= 4 is 41.0 Å². The second kappa shape index (κ2) is 11.7. The maximum absolute atomic E-state index is 14.2. The van der Waals surface area contributed by atoms with Gasteiger partial charge < -0.3 is 14.8 Å². The fraction of sp³-hybridized carbons (Fsp3) is 0.464. The van der Waals surface area contributed by atoms with Crippen LogP contribution in [0.4, 0.5) is 13.6 Å². The first-order valence-corrected chi connectivity index (χ1v) is 13.5. The van der Waals surface area contributed by atoms with Gasteiger partial charge in [0.15, 0.2) is 23.5 Å². The van der Waals surface area contributed by atoms with Gasteiger partial charge in [-0.15, -0.1) is 0 Å². The molecule has 2 aromatic carbocycles. The topological polar surface area (TPSA) is 80.2 Å². The molecule has 1 N–H and O–H groups in total. The highest BCUT2D eigenvalue weighted by Crippen LogP contribution is 2.38. The van der Waals surface area contributed by atoms with Crippen LogP contribution in [0.15, 0.2) is 35.3 Å². The largest absolute Gasteiger partial charge is 0.480 e. The molecule has 1 heterocycles. The molecule has 2 amide bonds. The summed E-state index contributed by atoms with van der Waals surface area (Å²) in [6.45, 7) is 7.65. The number of rotatable bonds is 7. The predicted molar refractivity (Wildman–Crippen MR) is 146 cm³/mol. The van der Waals surface area contributed by atoms with Gasteiger partial charge in [-0.2, -0.15) is 0 Å². The summed E-state index contributed by atoms with van der Waals surface area (Å²) in [6.07, 6.45) is -0.442. The Balaban J connectivity index is 1.54. The Bertz CT molecular complexity index is 1280. The first-order valence-electron chi connectivity index (χ1n) is 12.8. The maximum Gasteiger partial charge on any atom is 0.407 e. The van der Waals surface area contributed by atoms with Crippen LogP contribution in [0.25, 0.3) is 0 Å². The van der Waals surface area contributed by atoms with Gasteiger partial charge in [0.05, 0.1) is 16.6 Å². The second-order valence-corrected chi connectivity index (χ2v) is 11.5. The molecule has 0 spiro atoms. The molecule has 4 rings (SSSR count). The molecule has 7 nitrogen and oxygen atoms in total. The summed E-state index contributed by atoms with van der Waals surface area (Å²) in [6, 6.07) is 6.61. The van der Waals surface area contributed by atoms with Crippen molar-refractivity contribution in [3.8, 4) is 5.75 Å². The number of carbonyl (C=O) groups excluding carboxylic acids is 2. The summed E-state index contributed by atoms with van der Waals surface area (Å²) in [5.41, 5.74) is 0.468. The molecular weight excluding hydrogens is 551 g/mol. The van der Waals surface area contributed by atoms with Crippen LogP contribution in [0, 0.1) is 11.6 Å². The fourth-order valence-electron chi connectivity index (χ4n) is 4.99. The number of halogens is 4. The highest BCUT2D eigenvalue weighted by molar-refractivity contribution is 6.37. The number of ether oxygens (including phenoxy) is 2. The summed E-state index contributed by atoms with van der Waals surface area (Å²) in [5.74, 6) is -1.91. The lowest BCUT2D eigenvalue weighted by atomic mass is 9.90. The van der Waals surface area contributed by atoms with E-state index in [1.54, 1.807) is 45.9 Å². The molecule has 0 saturated carbocycles. The molecular formula is C28H31Cl2F2N3O4. The highest BCUT2D eigenvalue weighted by Gasteiger charge is 2.37. The number of para-hydroxylation sites is 1. The van der Waals surface area contributed by atoms with E-state index >= 15 is 0 Å². The molecule has 3 atom stereocenters. The average molecular weight is 582 g/mol. The van der Waals surface area contributed by atoms with E-state index in [1.165, 1.54) is 11.0 Å². The zero-order chi connectivity index (χ0) is 28.5. The van der Waals surface area contributed by atoms with E-state index in [1.807, 2.05) is 0 Å². The van der Waals surface area contributed by atoms with Gasteiger partial charge in [0.1, 0.15) is 11.4 Å². The van der Waals surface area contributed by atoms with Crippen molar-refractivity contribution in [3.05, 3.63) is 63.1 Å². The minimum atomic E-state index is -0.971. The Morgan fingerprint density at radius 2 is 1.85 bits per heavy atom. The van der Waals surface area contributed by atoms with E-state index < -0.39 is 41.4 Å². The zero-order valence-electron chi connectivity index (χ0n) is 22.2. The molecule has 0 radical (unpaired) electrons. The first-order chi connectivity index (χ1) is 18.3. The molecule has 3 unspecified atom stereocenters. The molecule has 0 aromatic heterocycles. The summed E-state index contributed by atoms with van der Waals surface area (Å²) in [4.78, 5) is 32.4.